The summed E-state index contributed by atoms with van der Waals surface area (Å²) < 4.78 is 23.3. The van der Waals surface area contributed by atoms with Gasteiger partial charge in [0.15, 0.2) is 9.84 Å². The minimum absolute atomic E-state index is 0.0736. The molecule has 2 unspecified atom stereocenters. The van der Waals surface area contributed by atoms with Crippen LogP contribution in [0.5, 0.6) is 0 Å². The van der Waals surface area contributed by atoms with Crippen molar-refractivity contribution >= 4 is 9.84 Å². The van der Waals surface area contributed by atoms with Crippen LogP contribution in [0.4, 0.5) is 0 Å². The number of likely N-dealkylation sites (N-methyl/N-ethyl adjacent to an activating group) is 1. The molecular formula is C16H26N2O2S. The highest BCUT2D eigenvalue weighted by atomic mass is 32.2. The molecule has 0 amide bonds. The lowest BCUT2D eigenvalue weighted by molar-refractivity contribution is 0.192. The summed E-state index contributed by atoms with van der Waals surface area (Å²) in [6.07, 6.45) is 0.708. The Morgan fingerprint density at radius 3 is 2.24 bits per heavy atom. The lowest BCUT2D eigenvalue weighted by Crippen LogP contribution is -2.39. The third-order valence-electron chi connectivity index (χ3n) is 4.49. The second-order valence-corrected chi connectivity index (χ2v) is 8.52. The zero-order valence-corrected chi connectivity index (χ0v) is 13.9. The van der Waals surface area contributed by atoms with Crippen LogP contribution in [0, 0.1) is 0 Å². The van der Waals surface area contributed by atoms with Crippen LogP contribution in [0.1, 0.15) is 43.4 Å². The van der Waals surface area contributed by atoms with Crippen LogP contribution < -0.4 is 5.73 Å². The van der Waals surface area contributed by atoms with E-state index < -0.39 is 9.84 Å². The van der Waals surface area contributed by atoms with Crippen molar-refractivity contribution < 1.29 is 8.42 Å². The molecule has 1 aromatic carbocycles. The Balaban J connectivity index is 2.15. The molecule has 5 heteroatoms. The SMILES string of the molecule is CC(C)c1ccc(C(CN)N(C)C2CCS(=O)(=O)C2)cc1. The fourth-order valence-electron chi connectivity index (χ4n) is 2.99. The summed E-state index contributed by atoms with van der Waals surface area (Å²) in [5, 5.41) is 0. The molecule has 1 aliphatic heterocycles. The molecular weight excluding hydrogens is 284 g/mol. The highest BCUT2D eigenvalue weighted by molar-refractivity contribution is 7.91. The summed E-state index contributed by atoms with van der Waals surface area (Å²) in [7, 11) is -0.879. The number of rotatable bonds is 5. The number of benzene rings is 1. The normalized spacial score (nSPS) is 22.9. The highest BCUT2D eigenvalue weighted by Gasteiger charge is 2.33. The molecule has 118 valence electrons. The van der Waals surface area contributed by atoms with Crippen LogP contribution in [0.25, 0.3) is 0 Å². The standard InChI is InChI=1S/C16H26N2O2S/c1-12(2)13-4-6-14(7-5-13)16(10-17)18(3)15-8-9-21(19,20)11-15/h4-7,12,15-16H,8-11,17H2,1-3H3. The predicted molar refractivity (Wildman–Crippen MR) is 87.1 cm³/mol. The van der Waals surface area contributed by atoms with Gasteiger partial charge in [-0.05, 0) is 30.5 Å². The van der Waals surface area contributed by atoms with Crippen molar-refractivity contribution in [3.05, 3.63) is 35.4 Å². The van der Waals surface area contributed by atoms with Crippen molar-refractivity contribution in [3.8, 4) is 0 Å². The van der Waals surface area contributed by atoms with Crippen molar-refractivity contribution in [2.75, 3.05) is 25.1 Å². The molecule has 0 aliphatic carbocycles. The molecule has 0 spiro atoms. The van der Waals surface area contributed by atoms with Crippen LogP contribution >= 0.6 is 0 Å². The van der Waals surface area contributed by atoms with Gasteiger partial charge in [0.1, 0.15) is 0 Å². The first-order chi connectivity index (χ1) is 9.84. The molecule has 2 rings (SSSR count). The van der Waals surface area contributed by atoms with Crippen LogP contribution in [0.2, 0.25) is 0 Å². The first-order valence-electron chi connectivity index (χ1n) is 7.56. The molecule has 1 heterocycles. The van der Waals surface area contributed by atoms with Gasteiger partial charge in [-0.2, -0.15) is 0 Å². The molecule has 1 fully saturated rings. The second-order valence-electron chi connectivity index (χ2n) is 6.30. The first kappa shape index (κ1) is 16.5. The van der Waals surface area contributed by atoms with Crippen molar-refractivity contribution in [2.24, 2.45) is 5.73 Å². The van der Waals surface area contributed by atoms with E-state index in [0.717, 1.165) is 5.56 Å². The van der Waals surface area contributed by atoms with Gasteiger partial charge in [-0.3, -0.25) is 4.90 Å². The molecule has 4 nitrogen and oxygen atoms in total. The van der Waals surface area contributed by atoms with Crippen LogP contribution in [-0.4, -0.2) is 44.5 Å². The number of nitrogens with zero attached hydrogens (tertiary/aromatic N) is 1. The summed E-state index contributed by atoms with van der Waals surface area (Å²) >= 11 is 0. The number of hydrogen-bond acceptors (Lipinski definition) is 4. The van der Waals surface area contributed by atoms with Gasteiger partial charge in [0.05, 0.1) is 11.5 Å². The average Bonchev–Trinajstić information content (AvgIpc) is 2.80. The molecule has 0 radical (unpaired) electrons. The van der Waals surface area contributed by atoms with Gasteiger partial charge in [-0.25, -0.2) is 8.42 Å². The van der Waals surface area contributed by atoms with Gasteiger partial charge >= 0.3 is 0 Å². The highest BCUT2D eigenvalue weighted by Crippen LogP contribution is 2.27. The zero-order valence-electron chi connectivity index (χ0n) is 13.1. The maximum Gasteiger partial charge on any atom is 0.151 e. The Morgan fingerprint density at radius 1 is 1.24 bits per heavy atom. The maximum atomic E-state index is 11.7. The Labute approximate surface area is 128 Å². The zero-order chi connectivity index (χ0) is 15.6. The summed E-state index contributed by atoms with van der Waals surface area (Å²) in [6, 6.07) is 8.67. The third kappa shape index (κ3) is 3.84. The van der Waals surface area contributed by atoms with Crippen molar-refractivity contribution in [1.82, 2.24) is 4.90 Å². The monoisotopic (exact) mass is 310 g/mol. The minimum Gasteiger partial charge on any atom is -0.329 e. The third-order valence-corrected chi connectivity index (χ3v) is 6.24. The smallest absolute Gasteiger partial charge is 0.151 e. The summed E-state index contributed by atoms with van der Waals surface area (Å²) in [5.74, 6) is 1.06. The molecule has 0 aromatic heterocycles. The van der Waals surface area contributed by atoms with E-state index in [-0.39, 0.29) is 17.8 Å². The van der Waals surface area contributed by atoms with Crippen molar-refractivity contribution in [1.29, 1.82) is 0 Å². The van der Waals surface area contributed by atoms with Gasteiger partial charge in [-0.1, -0.05) is 38.1 Å². The molecule has 0 saturated carbocycles. The van der Waals surface area contributed by atoms with Crippen molar-refractivity contribution in [2.45, 2.75) is 38.3 Å². The number of nitrogens with two attached hydrogens (primary N) is 1. The molecule has 1 aliphatic rings. The average molecular weight is 310 g/mol. The van der Waals surface area contributed by atoms with Gasteiger partial charge in [0, 0.05) is 18.6 Å². The lowest BCUT2D eigenvalue weighted by atomic mass is 9.98. The second kappa shape index (κ2) is 6.46. The van der Waals surface area contributed by atoms with Gasteiger partial charge in [0.2, 0.25) is 0 Å². The predicted octanol–water partition coefficient (Wildman–Crippen LogP) is 1.93. The molecule has 1 aromatic rings. The molecule has 2 atom stereocenters. The lowest BCUT2D eigenvalue weighted by Gasteiger charge is -2.32. The maximum absolute atomic E-state index is 11.7. The van der Waals surface area contributed by atoms with E-state index >= 15 is 0 Å². The van der Waals surface area contributed by atoms with Gasteiger partial charge in [0.25, 0.3) is 0 Å². The number of hydrogen-bond donors (Lipinski definition) is 1. The Morgan fingerprint density at radius 2 is 1.81 bits per heavy atom. The Kier molecular flexibility index (Phi) is 5.07. The van der Waals surface area contributed by atoms with E-state index in [9.17, 15) is 8.42 Å². The fraction of sp³-hybridized carbons (Fsp3) is 0.625. The summed E-state index contributed by atoms with van der Waals surface area (Å²) in [4.78, 5) is 2.13. The Bertz CT molecular complexity index is 566. The summed E-state index contributed by atoms with van der Waals surface area (Å²) in [5.41, 5.74) is 8.41. The summed E-state index contributed by atoms with van der Waals surface area (Å²) in [6.45, 7) is 4.84. The topological polar surface area (TPSA) is 63.4 Å². The Hall–Kier alpha value is -0.910. The van der Waals surface area contributed by atoms with Crippen molar-refractivity contribution in [3.63, 3.8) is 0 Å². The van der Waals surface area contributed by atoms with Crippen LogP contribution in [0.3, 0.4) is 0 Å². The molecule has 0 bridgehead atoms. The van der Waals surface area contributed by atoms with Crippen LogP contribution in [0.15, 0.2) is 24.3 Å². The first-order valence-corrected chi connectivity index (χ1v) is 9.38. The van der Waals surface area contributed by atoms with E-state index in [1.54, 1.807) is 0 Å². The number of sulfone groups is 1. The quantitative estimate of drug-likeness (QED) is 0.902. The molecule has 2 N–H and O–H groups in total. The molecule has 21 heavy (non-hydrogen) atoms. The van der Waals surface area contributed by atoms with Gasteiger partial charge in [-0.15, -0.1) is 0 Å². The van der Waals surface area contributed by atoms with Crippen LogP contribution in [-0.2, 0) is 9.84 Å². The molecule has 1 saturated heterocycles. The van der Waals surface area contributed by atoms with E-state index in [1.807, 2.05) is 7.05 Å². The van der Waals surface area contributed by atoms with E-state index in [4.69, 9.17) is 5.73 Å². The largest absolute Gasteiger partial charge is 0.329 e. The fourth-order valence-corrected chi connectivity index (χ4v) is 4.78. The van der Waals surface area contributed by atoms with Gasteiger partial charge < -0.3 is 5.73 Å². The van der Waals surface area contributed by atoms with E-state index in [1.165, 1.54) is 5.56 Å². The minimum atomic E-state index is -2.86. The van der Waals surface area contributed by atoms with E-state index in [2.05, 4.69) is 43.0 Å². The van der Waals surface area contributed by atoms with E-state index in [0.29, 0.717) is 24.6 Å².